The molecule has 0 spiro atoms. The topological polar surface area (TPSA) is 91.4 Å². The third-order valence-electron chi connectivity index (χ3n) is 5.22. The van der Waals surface area contributed by atoms with Gasteiger partial charge in [-0.05, 0) is 43.7 Å². The summed E-state index contributed by atoms with van der Waals surface area (Å²) in [7, 11) is 0. The average Bonchev–Trinajstić information content (AvgIpc) is 2.89. The lowest BCUT2D eigenvalue weighted by molar-refractivity contribution is -0.126. The van der Waals surface area contributed by atoms with E-state index >= 15 is 0 Å². The molecule has 0 aliphatic carbocycles. The van der Waals surface area contributed by atoms with Gasteiger partial charge in [0.2, 0.25) is 0 Å². The first-order valence-electron chi connectivity index (χ1n) is 8.32. The molecule has 0 radical (unpaired) electrons. The van der Waals surface area contributed by atoms with Gasteiger partial charge in [0, 0.05) is 19.3 Å². The number of carbonyl (C=O) groups is 3. The molecule has 2 aliphatic rings. The summed E-state index contributed by atoms with van der Waals surface area (Å²) >= 11 is 0. The Kier molecular flexibility index (Phi) is 4.26. The number of hydrogen-bond acceptors (Lipinski definition) is 4. The van der Waals surface area contributed by atoms with Crippen LogP contribution in [0.2, 0.25) is 0 Å². The largest absolute Gasteiger partial charge is 0.337 e. The van der Waals surface area contributed by atoms with Crippen LogP contribution in [0.15, 0.2) is 18.3 Å². The number of rotatable bonds is 3. The van der Waals surface area contributed by atoms with Crippen molar-refractivity contribution in [1.29, 1.82) is 0 Å². The molecule has 0 bridgehead atoms. The van der Waals surface area contributed by atoms with Crippen molar-refractivity contribution in [2.24, 2.45) is 5.92 Å². The van der Waals surface area contributed by atoms with E-state index in [0.29, 0.717) is 38.0 Å². The first-order valence-corrected chi connectivity index (χ1v) is 8.32. The molecule has 0 aromatic carbocycles. The Balaban J connectivity index is 1.70. The molecule has 2 saturated heterocycles. The smallest absolute Gasteiger partial charge is 0.322 e. The molecular formula is C17H22N4O3. The Morgan fingerprint density at radius 3 is 2.62 bits per heavy atom. The Morgan fingerprint density at radius 2 is 2.08 bits per heavy atom. The molecule has 1 atom stereocenters. The number of nitrogens with zero attached hydrogens (tertiary/aromatic N) is 2. The zero-order chi connectivity index (χ0) is 17.3. The lowest BCUT2D eigenvalue weighted by Gasteiger charge is -2.40. The van der Waals surface area contributed by atoms with E-state index in [1.165, 1.54) is 0 Å². The van der Waals surface area contributed by atoms with Crippen molar-refractivity contribution in [2.45, 2.75) is 38.6 Å². The average molecular weight is 330 g/mol. The normalized spacial score (nSPS) is 24.7. The second-order valence-electron chi connectivity index (χ2n) is 6.47. The molecule has 2 N–H and O–H groups in total. The molecule has 0 unspecified atom stereocenters. The predicted octanol–water partition coefficient (Wildman–Crippen LogP) is 1.23. The van der Waals surface area contributed by atoms with Gasteiger partial charge in [-0.2, -0.15) is 0 Å². The number of imide groups is 1. The van der Waals surface area contributed by atoms with Gasteiger partial charge in [0.15, 0.2) is 0 Å². The number of pyridine rings is 1. The van der Waals surface area contributed by atoms with Gasteiger partial charge in [-0.3, -0.25) is 19.9 Å². The number of urea groups is 1. The van der Waals surface area contributed by atoms with Gasteiger partial charge in [0.05, 0.1) is 0 Å². The van der Waals surface area contributed by atoms with E-state index in [9.17, 15) is 14.4 Å². The third kappa shape index (κ3) is 2.64. The van der Waals surface area contributed by atoms with E-state index in [1.807, 2.05) is 26.0 Å². The molecular weight excluding hydrogens is 308 g/mol. The number of piperidine rings is 1. The minimum Gasteiger partial charge on any atom is -0.337 e. The molecule has 1 aromatic heterocycles. The van der Waals surface area contributed by atoms with Gasteiger partial charge >= 0.3 is 6.03 Å². The van der Waals surface area contributed by atoms with E-state index in [-0.39, 0.29) is 17.7 Å². The molecule has 128 valence electrons. The lowest BCUT2D eigenvalue weighted by Crippen LogP contribution is -2.56. The molecule has 1 aromatic rings. The molecule has 24 heavy (non-hydrogen) atoms. The van der Waals surface area contributed by atoms with Crippen molar-refractivity contribution in [1.82, 2.24) is 20.5 Å². The standard InChI is InChI=1S/C17H22N4O3/c1-3-17(15(23)19-16(24)20-17)12-6-9-21(10-7-12)14(22)13-11(2)5-4-8-18-13/h4-5,8,12H,3,6-7,9-10H2,1-2H3,(H2,19,20,23,24)/t17-/m1/s1. The molecule has 4 amide bonds. The van der Waals surface area contributed by atoms with Gasteiger partial charge in [-0.15, -0.1) is 0 Å². The van der Waals surface area contributed by atoms with E-state index in [0.717, 1.165) is 5.56 Å². The minimum atomic E-state index is -0.840. The molecule has 3 rings (SSSR count). The summed E-state index contributed by atoms with van der Waals surface area (Å²) in [5.74, 6) is -0.291. The first-order chi connectivity index (χ1) is 11.5. The summed E-state index contributed by atoms with van der Waals surface area (Å²) in [6, 6.07) is 3.26. The Morgan fingerprint density at radius 1 is 1.38 bits per heavy atom. The molecule has 7 heteroatoms. The third-order valence-corrected chi connectivity index (χ3v) is 5.22. The van der Waals surface area contributed by atoms with Crippen molar-refractivity contribution in [3.8, 4) is 0 Å². The summed E-state index contributed by atoms with van der Waals surface area (Å²) in [5.41, 5.74) is 0.498. The zero-order valence-corrected chi connectivity index (χ0v) is 14.0. The van der Waals surface area contributed by atoms with Crippen molar-refractivity contribution in [3.63, 3.8) is 0 Å². The second-order valence-corrected chi connectivity index (χ2v) is 6.47. The van der Waals surface area contributed by atoms with Crippen LogP contribution in [0.3, 0.4) is 0 Å². The van der Waals surface area contributed by atoms with Gasteiger partial charge in [0.1, 0.15) is 11.2 Å². The lowest BCUT2D eigenvalue weighted by atomic mass is 9.76. The van der Waals surface area contributed by atoms with Crippen LogP contribution < -0.4 is 10.6 Å². The quantitative estimate of drug-likeness (QED) is 0.816. The highest BCUT2D eigenvalue weighted by molar-refractivity contribution is 6.07. The zero-order valence-electron chi connectivity index (χ0n) is 14.0. The number of aromatic nitrogens is 1. The Bertz CT molecular complexity index is 682. The second kappa shape index (κ2) is 6.22. The molecule has 7 nitrogen and oxygen atoms in total. The summed E-state index contributed by atoms with van der Waals surface area (Å²) in [6.07, 6.45) is 3.53. The van der Waals surface area contributed by atoms with Crippen molar-refractivity contribution in [2.75, 3.05) is 13.1 Å². The van der Waals surface area contributed by atoms with Crippen LogP contribution in [0.1, 0.15) is 42.2 Å². The van der Waals surface area contributed by atoms with Crippen LogP contribution in [-0.4, -0.2) is 46.4 Å². The number of amides is 4. The summed E-state index contributed by atoms with van der Waals surface area (Å²) in [6.45, 7) is 4.90. The predicted molar refractivity (Wildman–Crippen MR) is 87.3 cm³/mol. The van der Waals surface area contributed by atoms with Crippen molar-refractivity contribution < 1.29 is 14.4 Å². The Hall–Kier alpha value is -2.44. The maximum Gasteiger partial charge on any atom is 0.322 e. The van der Waals surface area contributed by atoms with Gasteiger partial charge < -0.3 is 10.2 Å². The number of aryl methyl sites for hydroxylation is 1. The maximum absolute atomic E-state index is 12.6. The SMILES string of the molecule is CC[C@]1(C2CCN(C(=O)c3ncccc3C)CC2)NC(=O)NC1=O. The van der Waals surface area contributed by atoms with E-state index < -0.39 is 11.6 Å². The van der Waals surface area contributed by atoms with E-state index in [2.05, 4.69) is 15.6 Å². The minimum absolute atomic E-state index is 0.0304. The van der Waals surface area contributed by atoms with Crippen LogP contribution in [0, 0.1) is 12.8 Å². The highest BCUT2D eigenvalue weighted by Gasteiger charge is 2.51. The molecule has 2 fully saturated rings. The summed E-state index contributed by atoms with van der Waals surface area (Å²) < 4.78 is 0. The molecule has 3 heterocycles. The molecule has 0 saturated carbocycles. The summed E-state index contributed by atoms with van der Waals surface area (Å²) in [5, 5.41) is 5.15. The van der Waals surface area contributed by atoms with Crippen LogP contribution in [-0.2, 0) is 4.79 Å². The van der Waals surface area contributed by atoms with Gasteiger partial charge in [-0.25, -0.2) is 4.79 Å². The highest BCUT2D eigenvalue weighted by Crippen LogP contribution is 2.33. The number of hydrogen-bond donors (Lipinski definition) is 2. The number of likely N-dealkylation sites (tertiary alicyclic amines) is 1. The van der Waals surface area contributed by atoms with Crippen molar-refractivity contribution >= 4 is 17.8 Å². The highest BCUT2D eigenvalue weighted by atomic mass is 16.2. The van der Waals surface area contributed by atoms with E-state index in [1.54, 1.807) is 11.1 Å². The monoisotopic (exact) mass is 330 g/mol. The van der Waals surface area contributed by atoms with Gasteiger partial charge in [0.25, 0.3) is 11.8 Å². The fraction of sp³-hybridized carbons (Fsp3) is 0.529. The molecule has 2 aliphatic heterocycles. The number of carbonyl (C=O) groups excluding carboxylic acids is 3. The van der Waals surface area contributed by atoms with E-state index in [4.69, 9.17) is 0 Å². The van der Waals surface area contributed by atoms with Crippen LogP contribution in [0.25, 0.3) is 0 Å². The summed E-state index contributed by atoms with van der Waals surface area (Å²) in [4.78, 5) is 42.4. The van der Waals surface area contributed by atoms with Crippen molar-refractivity contribution in [3.05, 3.63) is 29.6 Å². The fourth-order valence-electron chi connectivity index (χ4n) is 3.77. The maximum atomic E-state index is 12.6. The van der Waals surface area contributed by atoms with Crippen LogP contribution in [0.4, 0.5) is 4.79 Å². The van der Waals surface area contributed by atoms with Crippen LogP contribution in [0.5, 0.6) is 0 Å². The Labute approximate surface area is 140 Å². The van der Waals surface area contributed by atoms with Gasteiger partial charge in [-0.1, -0.05) is 13.0 Å². The number of nitrogens with one attached hydrogen (secondary N) is 2. The first kappa shape index (κ1) is 16.4. The van der Waals surface area contributed by atoms with Crippen LogP contribution >= 0.6 is 0 Å². The fourth-order valence-corrected chi connectivity index (χ4v) is 3.77.